The van der Waals surface area contributed by atoms with E-state index in [2.05, 4.69) is 5.43 Å². The maximum Gasteiger partial charge on any atom is 0.238 e. The Balaban J connectivity index is 2.07. The number of hydrogen-bond donors (Lipinski definition) is 2. The lowest BCUT2D eigenvalue weighted by Gasteiger charge is -2.09. The van der Waals surface area contributed by atoms with E-state index in [4.69, 9.17) is 17.4 Å². The first-order valence-corrected chi connectivity index (χ1v) is 7.50. The third-order valence-corrected chi connectivity index (χ3v) is 4.10. The van der Waals surface area contributed by atoms with Crippen molar-refractivity contribution in [2.75, 3.05) is 0 Å². The van der Waals surface area contributed by atoms with Gasteiger partial charge in [-0.15, -0.1) is 11.8 Å². The molecular weight excluding hydrogens is 292 g/mol. The molecule has 0 aromatic heterocycles. The summed E-state index contributed by atoms with van der Waals surface area (Å²) in [7, 11) is 0. The summed E-state index contributed by atoms with van der Waals surface area (Å²) < 4.78 is 0. The zero-order valence-electron chi connectivity index (χ0n) is 10.8. The average molecular weight is 307 g/mol. The van der Waals surface area contributed by atoms with Gasteiger partial charge in [0.2, 0.25) is 5.91 Å². The molecule has 1 amide bonds. The lowest BCUT2D eigenvalue weighted by Crippen LogP contribution is -2.31. The highest BCUT2D eigenvalue weighted by Gasteiger charge is 2.07. The van der Waals surface area contributed by atoms with E-state index in [9.17, 15) is 4.79 Å². The highest BCUT2D eigenvalue weighted by Crippen LogP contribution is 2.26. The molecule has 2 aromatic carbocycles. The van der Waals surface area contributed by atoms with Gasteiger partial charge < -0.3 is 0 Å². The standard InChI is InChI=1S/C15H15ClN2OS/c16-13-6-3-7-14(9-13)20-10-12-5-2-1-4-11(12)8-15(19)18-17/h1-7,9H,8,10,17H2,(H,18,19). The van der Waals surface area contributed by atoms with E-state index in [1.54, 1.807) is 11.8 Å². The molecule has 5 heteroatoms. The molecule has 3 nitrogen and oxygen atoms in total. The zero-order valence-corrected chi connectivity index (χ0v) is 12.4. The quantitative estimate of drug-likeness (QED) is 0.386. The van der Waals surface area contributed by atoms with Crippen molar-refractivity contribution in [1.82, 2.24) is 5.43 Å². The molecule has 3 N–H and O–H groups in total. The first-order valence-electron chi connectivity index (χ1n) is 6.13. The number of hydrogen-bond acceptors (Lipinski definition) is 3. The van der Waals surface area contributed by atoms with Gasteiger partial charge in [-0.3, -0.25) is 10.2 Å². The maximum absolute atomic E-state index is 11.4. The Bertz CT molecular complexity index is 604. The molecule has 0 aliphatic rings. The summed E-state index contributed by atoms with van der Waals surface area (Å²) >= 11 is 7.65. The Hall–Kier alpha value is -1.49. The normalized spacial score (nSPS) is 10.3. The summed E-state index contributed by atoms with van der Waals surface area (Å²) in [6.07, 6.45) is 0.294. The molecule has 104 valence electrons. The number of thioether (sulfide) groups is 1. The minimum absolute atomic E-state index is 0.190. The van der Waals surface area contributed by atoms with E-state index in [1.165, 1.54) is 0 Å². The van der Waals surface area contributed by atoms with E-state index in [0.717, 1.165) is 26.8 Å². The van der Waals surface area contributed by atoms with Crippen LogP contribution in [-0.4, -0.2) is 5.91 Å². The Morgan fingerprint density at radius 1 is 1.15 bits per heavy atom. The molecule has 0 aliphatic carbocycles. The van der Waals surface area contributed by atoms with Gasteiger partial charge in [0, 0.05) is 15.7 Å². The van der Waals surface area contributed by atoms with Crippen LogP contribution in [0.5, 0.6) is 0 Å². The largest absolute Gasteiger partial charge is 0.294 e. The van der Waals surface area contributed by atoms with Crippen LogP contribution in [0.3, 0.4) is 0 Å². The van der Waals surface area contributed by atoms with Crippen LogP contribution in [0, 0.1) is 0 Å². The zero-order chi connectivity index (χ0) is 14.4. The second kappa shape index (κ2) is 7.33. The van der Waals surface area contributed by atoms with E-state index in [-0.39, 0.29) is 5.91 Å². The summed E-state index contributed by atoms with van der Waals surface area (Å²) in [5.41, 5.74) is 4.28. The SMILES string of the molecule is NNC(=O)Cc1ccccc1CSc1cccc(Cl)c1. The van der Waals surface area contributed by atoms with Crippen molar-refractivity contribution in [3.05, 3.63) is 64.7 Å². The van der Waals surface area contributed by atoms with E-state index >= 15 is 0 Å². The highest BCUT2D eigenvalue weighted by atomic mass is 35.5. The summed E-state index contributed by atoms with van der Waals surface area (Å²) in [5.74, 6) is 5.73. The molecule has 0 heterocycles. The van der Waals surface area contributed by atoms with Gasteiger partial charge in [-0.25, -0.2) is 5.84 Å². The smallest absolute Gasteiger partial charge is 0.238 e. The molecule has 0 saturated carbocycles. The van der Waals surface area contributed by atoms with Crippen LogP contribution in [0.1, 0.15) is 11.1 Å². The minimum Gasteiger partial charge on any atom is -0.294 e. The molecule has 2 aromatic rings. The third-order valence-electron chi connectivity index (χ3n) is 2.82. The molecule has 0 radical (unpaired) electrons. The fraction of sp³-hybridized carbons (Fsp3) is 0.133. The number of carbonyl (C=O) groups is 1. The topological polar surface area (TPSA) is 55.1 Å². The molecule has 2 rings (SSSR count). The Labute approximate surface area is 127 Å². The van der Waals surface area contributed by atoms with Crippen LogP contribution in [0.4, 0.5) is 0 Å². The van der Waals surface area contributed by atoms with E-state index in [1.807, 2.05) is 48.5 Å². The van der Waals surface area contributed by atoms with Crippen molar-refractivity contribution in [2.45, 2.75) is 17.1 Å². The van der Waals surface area contributed by atoms with Gasteiger partial charge in [-0.2, -0.15) is 0 Å². The highest BCUT2D eigenvalue weighted by molar-refractivity contribution is 7.98. The number of carbonyl (C=O) groups excluding carboxylic acids is 1. The summed E-state index contributed by atoms with van der Waals surface area (Å²) in [5, 5.41) is 0.728. The Kier molecular flexibility index (Phi) is 5.47. The number of rotatable bonds is 5. The van der Waals surface area contributed by atoms with Crippen molar-refractivity contribution in [3.63, 3.8) is 0 Å². The van der Waals surface area contributed by atoms with Gasteiger partial charge in [-0.05, 0) is 29.3 Å². The lowest BCUT2D eigenvalue weighted by atomic mass is 10.1. The van der Waals surface area contributed by atoms with Gasteiger partial charge in [0.15, 0.2) is 0 Å². The molecule has 0 aliphatic heterocycles. The second-order valence-electron chi connectivity index (χ2n) is 4.26. The van der Waals surface area contributed by atoms with Crippen LogP contribution in [0.15, 0.2) is 53.4 Å². The Morgan fingerprint density at radius 3 is 2.60 bits per heavy atom. The Morgan fingerprint density at radius 2 is 1.90 bits per heavy atom. The van der Waals surface area contributed by atoms with Gasteiger partial charge in [0.25, 0.3) is 0 Å². The first-order chi connectivity index (χ1) is 9.69. The monoisotopic (exact) mass is 306 g/mol. The number of benzene rings is 2. The molecule has 0 saturated heterocycles. The van der Waals surface area contributed by atoms with Crippen LogP contribution < -0.4 is 11.3 Å². The number of nitrogens with one attached hydrogen (secondary N) is 1. The van der Waals surface area contributed by atoms with Crippen molar-refractivity contribution in [2.24, 2.45) is 5.84 Å². The molecule has 0 bridgehead atoms. The number of nitrogens with two attached hydrogens (primary N) is 1. The van der Waals surface area contributed by atoms with E-state index in [0.29, 0.717) is 6.42 Å². The number of halogens is 1. The van der Waals surface area contributed by atoms with Crippen LogP contribution in [-0.2, 0) is 17.0 Å². The summed E-state index contributed by atoms with van der Waals surface area (Å²) in [6, 6.07) is 15.6. The van der Waals surface area contributed by atoms with Crippen LogP contribution in [0.25, 0.3) is 0 Å². The fourth-order valence-electron chi connectivity index (χ4n) is 1.81. The predicted octanol–water partition coefficient (Wildman–Crippen LogP) is 3.16. The van der Waals surface area contributed by atoms with Gasteiger partial charge in [-0.1, -0.05) is 41.9 Å². The van der Waals surface area contributed by atoms with E-state index < -0.39 is 0 Å². The number of amides is 1. The molecular formula is C15H15ClN2OS. The van der Waals surface area contributed by atoms with Gasteiger partial charge >= 0.3 is 0 Å². The maximum atomic E-state index is 11.4. The minimum atomic E-state index is -0.190. The van der Waals surface area contributed by atoms with Crippen molar-refractivity contribution >= 4 is 29.3 Å². The van der Waals surface area contributed by atoms with Gasteiger partial charge in [0.05, 0.1) is 6.42 Å². The summed E-state index contributed by atoms with van der Waals surface area (Å²) in [6.45, 7) is 0. The molecule has 0 atom stereocenters. The van der Waals surface area contributed by atoms with Crippen molar-refractivity contribution in [3.8, 4) is 0 Å². The average Bonchev–Trinajstić information content (AvgIpc) is 2.46. The van der Waals surface area contributed by atoms with Crippen molar-refractivity contribution in [1.29, 1.82) is 0 Å². The predicted molar refractivity (Wildman–Crippen MR) is 83.5 cm³/mol. The van der Waals surface area contributed by atoms with Crippen LogP contribution >= 0.6 is 23.4 Å². The molecule has 20 heavy (non-hydrogen) atoms. The van der Waals surface area contributed by atoms with Crippen molar-refractivity contribution < 1.29 is 4.79 Å². The lowest BCUT2D eigenvalue weighted by molar-refractivity contribution is -0.120. The number of hydrazine groups is 1. The molecule has 0 unspecified atom stereocenters. The van der Waals surface area contributed by atoms with Crippen LogP contribution in [0.2, 0.25) is 5.02 Å². The summed E-state index contributed by atoms with van der Waals surface area (Å²) in [4.78, 5) is 12.5. The third kappa shape index (κ3) is 4.27. The fourth-order valence-corrected chi connectivity index (χ4v) is 3.06. The second-order valence-corrected chi connectivity index (χ2v) is 5.74. The first kappa shape index (κ1) is 14.9. The molecule has 0 spiro atoms. The molecule has 0 fully saturated rings. The van der Waals surface area contributed by atoms with Gasteiger partial charge in [0.1, 0.15) is 0 Å².